The molecule has 2 aliphatic rings. The van der Waals surface area contributed by atoms with Gasteiger partial charge in [0, 0.05) is 19.6 Å². The van der Waals surface area contributed by atoms with E-state index < -0.39 is 0 Å². The van der Waals surface area contributed by atoms with Crippen LogP contribution in [0.1, 0.15) is 24.5 Å². The Kier molecular flexibility index (Phi) is 2.77. The van der Waals surface area contributed by atoms with Crippen molar-refractivity contribution in [2.75, 3.05) is 19.6 Å². The van der Waals surface area contributed by atoms with Gasteiger partial charge in [-0.25, -0.2) is 0 Å². The van der Waals surface area contributed by atoms with Gasteiger partial charge < -0.3 is 5.11 Å². The number of piperidine rings is 1. The maximum atomic E-state index is 9.72. The summed E-state index contributed by atoms with van der Waals surface area (Å²) in [6.45, 7) is 5.21. The lowest BCUT2D eigenvalue weighted by atomic mass is 9.87. The molecule has 2 nitrogen and oxygen atoms in total. The van der Waals surface area contributed by atoms with Gasteiger partial charge in [-0.15, -0.1) is 0 Å². The number of benzene rings is 1. The van der Waals surface area contributed by atoms with Crippen LogP contribution in [0.3, 0.4) is 0 Å². The quantitative estimate of drug-likeness (QED) is 0.840. The van der Waals surface area contributed by atoms with Crippen LogP contribution in [0.15, 0.2) is 24.3 Å². The molecule has 1 aliphatic heterocycles. The van der Waals surface area contributed by atoms with Crippen LogP contribution < -0.4 is 0 Å². The zero-order valence-electron chi connectivity index (χ0n) is 10.3. The molecule has 17 heavy (non-hydrogen) atoms. The van der Waals surface area contributed by atoms with Crippen molar-refractivity contribution < 1.29 is 5.11 Å². The first-order valence-corrected chi connectivity index (χ1v) is 6.44. The molecule has 2 heteroatoms. The minimum absolute atomic E-state index is 0.103. The van der Waals surface area contributed by atoms with Crippen LogP contribution in [0.25, 0.3) is 11.6 Å². The maximum Gasteiger partial charge on any atom is 0.0590 e. The molecule has 0 saturated carbocycles. The molecular formula is C15H19NO. The van der Waals surface area contributed by atoms with Gasteiger partial charge in [-0.2, -0.15) is 0 Å². The first-order chi connectivity index (χ1) is 8.24. The van der Waals surface area contributed by atoms with Crippen LogP contribution in [0, 0.1) is 5.92 Å². The fraction of sp³-hybridized carbons (Fsp3) is 0.467. The molecule has 1 saturated heterocycles. The highest BCUT2D eigenvalue weighted by atomic mass is 16.3. The lowest BCUT2D eigenvalue weighted by molar-refractivity contribution is 0.0404. The minimum atomic E-state index is -0.103. The van der Waals surface area contributed by atoms with Crippen molar-refractivity contribution in [2.24, 2.45) is 5.92 Å². The van der Waals surface area contributed by atoms with Crippen LogP contribution in [-0.2, 0) is 0 Å². The van der Waals surface area contributed by atoms with E-state index in [1.807, 2.05) is 0 Å². The van der Waals surface area contributed by atoms with Crippen molar-refractivity contribution in [3.63, 3.8) is 0 Å². The van der Waals surface area contributed by atoms with Crippen molar-refractivity contribution >= 4 is 11.6 Å². The number of hydrogen-bond acceptors (Lipinski definition) is 2. The predicted octanol–water partition coefficient (Wildman–Crippen LogP) is 2.24. The fourth-order valence-corrected chi connectivity index (χ4v) is 2.84. The molecule has 1 aromatic carbocycles. The highest BCUT2D eigenvalue weighted by molar-refractivity contribution is 5.96. The molecule has 0 unspecified atom stereocenters. The molecular weight excluding hydrogens is 210 g/mol. The molecule has 3 rings (SSSR count). The Morgan fingerprint density at radius 3 is 2.94 bits per heavy atom. The van der Waals surface area contributed by atoms with Gasteiger partial charge in [-0.3, -0.25) is 4.90 Å². The average molecular weight is 229 g/mol. The Hall–Kier alpha value is -1.12. The second-order valence-electron chi connectivity index (χ2n) is 5.33. The summed E-state index contributed by atoms with van der Waals surface area (Å²) >= 11 is 0. The van der Waals surface area contributed by atoms with Gasteiger partial charge >= 0.3 is 0 Å². The van der Waals surface area contributed by atoms with E-state index in [-0.39, 0.29) is 6.10 Å². The summed E-state index contributed by atoms with van der Waals surface area (Å²) < 4.78 is 0. The van der Waals surface area contributed by atoms with Crippen molar-refractivity contribution in [1.29, 1.82) is 0 Å². The van der Waals surface area contributed by atoms with E-state index in [0.717, 1.165) is 26.1 Å². The monoisotopic (exact) mass is 229 g/mol. The molecule has 0 aromatic heterocycles. The van der Waals surface area contributed by atoms with Crippen molar-refractivity contribution in [1.82, 2.24) is 4.90 Å². The van der Waals surface area contributed by atoms with Crippen molar-refractivity contribution in [2.45, 2.75) is 19.4 Å². The maximum absolute atomic E-state index is 9.72. The lowest BCUT2D eigenvalue weighted by Crippen LogP contribution is -2.42. The molecule has 0 radical (unpaired) electrons. The molecule has 0 amide bonds. The summed E-state index contributed by atoms with van der Waals surface area (Å²) in [7, 11) is 0. The van der Waals surface area contributed by atoms with E-state index in [1.165, 1.54) is 16.7 Å². The van der Waals surface area contributed by atoms with Crippen LogP contribution >= 0.6 is 0 Å². The molecule has 1 aromatic rings. The zero-order chi connectivity index (χ0) is 11.8. The van der Waals surface area contributed by atoms with E-state index in [9.17, 15) is 5.11 Å². The Labute approximate surface area is 103 Å². The van der Waals surface area contributed by atoms with Crippen LogP contribution in [-0.4, -0.2) is 35.7 Å². The first-order valence-electron chi connectivity index (χ1n) is 6.44. The van der Waals surface area contributed by atoms with E-state index in [1.54, 1.807) is 0 Å². The second-order valence-corrected chi connectivity index (χ2v) is 5.33. The van der Waals surface area contributed by atoms with Crippen molar-refractivity contribution in [3.8, 4) is 0 Å². The Bertz CT molecular complexity index is 452. The minimum Gasteiger partial charge on any atom is -0.393 e. The number of aliphatic hydroxyl groups is 1. The number of likely N-dealkylation sites (tertiary alicyclic amines) is 1. The predicted molar refractivity (Wildman–Crippen MR) is 70.5 cm³/mol. The van der Waals surface area contributed by atoms with Gasteiger partial charge in [0.25, 0.3) is 0 Å². The third kappa shape index (κ3) is 2.03. The van der Waals surface area contributed by atoms with Gasteiger partial charge in [0.1, 0.15) is 0 Å². The molecule has 1 fully saturated rings. The average Bonchev–Trinajstić information content (AvgIpc) is 2.31. The Morgan fingerprint density at radius 2 is 2.18 bits per heavy atom. The molecule has 1 aliphatic carbocycles. The van der Waals surface area contributed by atoms with Crippen molar-refractivity contribution in [3.05, 3.63) is 35.4 Å². The molecule has 0 bridgehead atoms. The second kappa shape index (κ2) is 4.28. The topological polar surface area (TPSA) is 23.5 Å². The summed E-state index contributed by atoms with van der Waals surface area (Å²) in [6, 6.07) is 8.56. The third-order valence-electron chi connectivity index (χ3n) is 3.97. The number of fused-ring (bicyclic) bond motifs is 1. The fourth-order valence-electron chi connectivity index (χ4n) is 2.84. The smallest absolute Gasteiger partial charge is 0.0590 e. The summed E-state index contributed by atoms with van der Waals surface area (Å²) in [6.07, 6.45) is 3.09. The highest BCUT2D eigenvalue weighted by Gasteiger charge is 2.26. The molecule has 90 valence electrons. The van der Waals surface area contributed by atoms with Crippen LogP contribution in [0.2, 0.25) is 0 Å². The molecule has 1 heterocycles. The molecule has 0 spiro atoms. The third-order valence-corrected chi connectivity index (χ3v) is 3.97. The summed E-state index contributed by atoms with van der Waals surface area (Å²) in [5.41, 5.74) is 4.23. The number of hydrogen-bond donors (Lipinski definition) is 1. The largest absolute Gasteiger partial charge is 0.393 e. The normalized spacial score (nSPS) is 28.2. The molecule has 2 atom stereocenters. The summed E-state index contributed by atoms with van der Waals surface area (Å²) in [4.78, 5) is 2.46. The van der Waals surface area contributed by atoms with Gasteiger partial charge in [-0.1, -0.05) is 31.2 Å². The standard InChI is InChI=1S/C15H19NO/c1-11-9-16(7-6-15(11)17)10-13-8-12-4-2-3-5-14(12)13/h2-5,8,11,15,17H,6-7,9-10H2,1H3/t11-,15+/m0/s1. The Morgan fingerprint density at radius 1 is 1.35 bits per heavy atom. The summed E-state index contributed by atoms with van der Waals surface area (Å²) in [5, 5.41) is 9.72. The van der Waals surface area contributed by atoms with E-state index >= 15 is 0 Å². The van der Waals surface area contributed by atoms with Gasteiger partial charge in [0.05, 0.1) is 6.10 Å². The summed E-state index contributed by atoms with van der Waals surface area (Å²) in [5.74, 6) is 0.402. The highest BCUT2D eigenvalue weighted by Crippen LogP contribution is 2.33. The van der Waals surface area contributed by atoms with Gasteiger partial charge in [-0.05, 0) is 35.1 Å². The number of aliphatic hydroxyl groups excluding tert-OH is 1. The van der Waals surface area contributed by atoms with E-state index in [4.69, 9.17) is 0 Å². The number of rotatable bonds is 2. The van der Waals surface area contributed by atoms with Gasteiger partial charge in [0.15, 0.2) is 0 Å². The van der Waals surface area contributed by atoms with Crippen LogP contribution in [0.4, 0.5) is 0 Å². The lowest BCUT2D eigenvalue weighted by Gasteiger charge is -2.36. The number of nitrogens with zero attached hydrogens (tertiary/aromatic N) is 1. The van der Waals surface area contributed by atoms with E-state index in [0.29, 0.717) is 5.92 Å². The SMILES string of the molecule is C[C@H]1CN(CC2=Cc3ccccc32)CC[C@H]1O. The van der Waals surface area contributed by atoms with E-state index in [2.05, 4.69) is 42.2 Å². The Balaban J connectivity index is 1.63. The van der Waals surface area contributed by atoms with Crippen LogP contribution in [0.5, 0.6) is 0 Å². The van der Waals surface area contributed by atoms with Gasteiger partial charge in [0.2, 0.25) is 0 Å². The first kappa shape index (κ1) is 11.0. The zero-order valence-corrected chi connectivity index (χ0v) is 10.3. The molecule has 1 N–H and O–H groups in total.